The maximum Gasteiger partial charge on any atom is 0.321 e. The van der Waals surface area contributed by atoms with Crippen LogP contribution >= 0.6 is 11.6 Å². The third-order valence-corrected chi connectivity index (χ3v) is 7.50. The van der Waals surface area contributed by atoms with E-state index in [0.29, 0.717) is 41.7 Å². The fourth-order valence-electron chi connectivity index (χ4n) is 3.78. The highest BCUT2D eigenvalue weighted by Crippen LogP contribution is 2.26. The Bertz CT molecular complexity index is 983. The monoisotopic (exact) mass is 435 g/mol. The van der Waals surface area contributed by atoms with Gasteiger partial charge < -0.3 is 10.2 Å². The van der Waals surface area contributed by atoms with E-state index >= 15 is 0 Å². The predicted octanol–water partition coefficient (Wildman–Crippen LogP) is 4.19. The van der Waals surface area contributed by atoms with Crippen LogP contribution in [0.5, 0.6) is 0 Å². The molecule has 0 aliphatic carbocycles. The van der Waals surface area contributed by atoms with Gasteiger partial charge in [0.15, 0.2) is 0 Å². The molecule has 1 aliphatic heterocycles. The molecule has 6 nitrogen and oxygen atoms in total. The largest absolute Gasteiger partial charge is 0.323 e. The first-order valence-corrected chi connectivity index (χ1v) is 11.4. The predicted molar refractivity (Wildman–Crippen MR) is 116 cm³/mol. The molecule has 0 aromatic heterocycles. The first-order valence-electron chi connectivity index (χ1n) is 9.58. The Balaban J connectivity index is 1.72. The van der Waals surface area contributed by atoms with E-state index in [1.165, 1.54) is 4.31 Å². The average Bonchev–Trinajstić information content (AvgIpc) is 2.89. The highest BCUT2D eigenvalue weighted by molar-refractivity contribution is 7.89. The summed E-state index contributed by atoms with van der Waals surface area (Å²) in [4.78, 5) is 14.6. The lowest BCUT2D eigenvalue weighted by Gasteiger charge is -2.24. The van der Waals surface area contributed by atoms with E-state index in [1.54, 1.807) is 29.2 Å². The van der Waals surface area contributed by atoms with Crippen LogP contribution in [0.2, 0.25) is 5.02 Å². The van der Waals surface area contributed by atoms with Crippen molar-refractivity contribution in [1.29, 1.82) is 0 Å². The molecule has 2 aromatic rings. The van der Waals surface area contributed by atoms with Crippen LogP contribution in [-0.4, -0.2) is 49.8 Å². The van der Waals surface area contributed by atoms with Crippen molar-refractivity contribution in [3.8, 4) is 0 Å². The van der Waals surface area contributed by atoms with Gasteiger partial charge in [-0.25, -0.2) is 13.2 Å². The van der Waals surface area contributed by atoms with E-state index < -0.39 is 10.0 Å². The molecule has 0 spiro atoms. The Labute approximate surface area is 177 Å². The second-order valence-corrected chi connectivity index (χ2v) is 9.72. The van der Waals surface area contributed by atoms with Gasteiger partial charge >= 0.3 is 6.03 Å². The summed E-state index contributed by atoms with van der Waals surface area (Å²) in [6, 6.07) is 10.4. The number of rotatable bonds is 3. The number of hydrogen-bond acceptors (Lipinski definition) is 3. The van der Waals surface area contributed by atoms with Crippen LogP contribution in [0.1, 0.15) is 23.1 Å². The summed E-state index contributed by atoms with van der Waals surface area (Å²) in [5.41, 5.74) is 3.20. The van der Waals surface area contributed by atoms with Gasteiger partial charge in [-0.05, 0) is 62.6 Å². The molecular weight excluding hydrogens is 410 g/mol. The molecule has 1 saturated heterocycles. The minimum absolute atomic E-state index is 0.241. The summed E-state index contributed by atoms with van der Waals surface area (Å²) in [5.74, 6) is 0. The topological polar surface area (TPSA) is 69.7 Å². The van der Waals surface area contributed by atoms with E-state index in [0.717, 1.165) is 16.7 Å². The number of halogens is 1. The number of aryl methyl sites for hydroxylation is 3. The van der Waals surface area contributed by atoms with Gasteiger partial charge in [-0.1, -0.05) is 29.3 Å². The smallest absolute Gasteiger partial charge is 0.321 e. The number of amides is 2. The third kappa shape index (κ3) is 4.91. The van der Waals surface area contributed by atoms with Gasteiger partial charge in [-0.2, -0.15) is 4.31 Å². The Morgan fingerprint density at radius 2 is 1.59 bits per heavy atom. The summed E-state index contributed by atoms with van der Waals surface area (Å²) in [6.45, 7) is 7.11. The molecule has 2 amide bonds. The standard InChI is InChI=1S/C21H26ClN3O3S/c1-15-13-16(2)20(17(3)14-15)29(27,28)25-10-4-9-24(11-12-25)21(26)23-19-7-5-18(22)6-8-19/h5-8,13-14H,4,9-12H2,1-3H3,(H,23,26). The lowest BCUT2D eigenvalue weighted by Crippen LogP contribution is -2.39. The molecule has 156 valence electrons. The van der Waals surface area contributed by atoms with E-state index in [9.17, 15) is 13.2 Å². The number of sulfonamides is 1. The molecule has 2 aromatic carbocycles. The van der Waals surface area contributed by atoms with Crippen molar-refractivity contribution >= 4 is 33.3 Å². The molecule has 1 aliphatic rings. The number of hydrogen-bond donors (Lipinski definition) is 1. The van der Waals surface area contributed by atoms with Crippen molar-refractivity contribution in [2.24, 2.45) is 0 Å². The minimum atomic E-state index is -3.62. The van der Waals surface area contributed by atoms with Gasteiger partial charge in [0, 0.05) is 36.9 Å². The highest BCUT2D eigenvalue weighted by Gasteiger charge is 2.30. The molecule has 0 unspecified atom stereocenters. The van der Waals surface area contributed by atoms with Crippen LogP contribution in [0.4, 0.5) is 10.5 Å². The number of urea groups is 1. The van der Waals surface area contributed by atoms with E-state index in [2.05, 4.69) is 5.32 Å². The zero-order valence-electron chi connectivity index (χ0n) is 16.9. The van der Waals surface area contributed by atoms with Gasteiger partial charge in [0.25, 0.3) is 0 Å². The van der Waals surface area contributed by atoms with Crippen LogP contribution < -0.4 is 5.32 Å². The Kier molecular flexibility index (Phi) is 6.51. The van der Waals surface area contributed by atoms with Crippen molar-refractivity contribution in [1.82, 2.24) is 9.21 Å². The van der Waals surface area contributed by atoms with Crippen LogP contribution in [0.15, 0.2) is 41.3 Å². The van der Waals surface area contributed by atoms with Crippen molar-refractivity contribution < 1.29 is 13.2 Å². The lowest BCUT2D eigenvalue weighted by molar-refractivity contribution is 0.214. The van der Waals surface area contributed by atoms with Gasteiger partial charge in [0.05, 0.1) is 4.90 Å². The van der Waals surface area contributed by atoms with Crippen LogP contribution in [-0.2, 0) is 10.0 Å². The van der Waals surface area contributed by atoms with Gasteiger partial charge in [0.2, 0.25) is 10.0 Å². The maximum atomic E-state index is 13.3. The van der Waals surface area contributed by atoms with Crippen molar-refractivity contribution in [3.05, 3.63) is 58.1 Å². The first-order chi connectivity index (χ1) is 13.7. The number of nitrogens with zero attached hydrogens (tertiary/aromatic N) is 2. The van der Waals surface area contributed by atoms with Crippen LogP contribution in [0.3, 0.4) is 0 Å². The zero-order valence-corrected chi connectivity index (χ0v) is 18.5. The molecule has 29 heavy (non-hydrogen) atoms. The number of anilines is 1. The van der Waals surface area contributed by atoms with Crippen molar-refractivity contribution in [3.63, 3.8) is 0 Å². The molecule has 3 rings (SSSR count). The fourth-order valence-corrected chi connectivity index (χ4v) is 5.78. The van der Waals surface area contributed by atoms with Crippen molar-refractivity contribution in [2.45, 2.75) is 32.1 Å². The fraction of sp³-hybridized carbons (Fsp3) is 0.381. The number of carbonyl (C=O) groups excluding carboxylic acids is 1. The number of benzene rings is 2. The molecule has 8 heteroatoms. The zero-order chi connectivity index (χ0) is 21.2. The van der Waals surface area contributed by atoms with Crippen LogP contribution in [0, 0.1) is 20.8 Å². The van der Waals surface area contributed by atoms with Gasteiger partial charge in [-0.3, -0.25) is 0 Å². The van der Waals surface area contributed by atoms with Crippen LogP contribution in [0.25, 0.3) is 0 Å². The molecule has 1 N–H and O–H groups in total. The first kappa shape index (κ1) is 21.6. The van der Waals surface area contributed by atoms with Gasteiger partial charge in [0.1, 0.15) is 0 Å². The average molecular weight is 436 g/mol. The second-order valence-electron chi connectivity index (χ2n) is 7.41. The summed E-state index contributed by atoms with van der Waals surface area (Å²) >= 11 is 5.87. The van der Waals surface area contributed by atoms with E-state index in [4.69, 9.17) is 11.6 Å². The molecule has 0 saturated carbocycles. The maximum absolute atomic E-state index is 13.3. The molecule has 1 fully saturated rings. The summed E-state index contributed by atoms with van der Waals surface area (Å²) in [5, 5.41) is 3.43. The third-order valence-electron chi connectivity index (χ3n) is 5.04. The Hall–Kier alpha value is -2.09. The summed E-state index contributed by atoms with van der Waals surface area (Å²) in [6.07, 6.45) is 0.581. The molecular formula is C21H26ClN3O3S. The quantitative estimate of drug-likeness (QED) is 0.785. The molecule has 0 radical (unpaired) electrons. The second kappa shape index (κ2) is 8.73. The van der Waals surface area contributed by atoms with E-state index in [-0.39, 0.29) is 12.6 Å². The summed E-state index contributed by atoms with van der Waals surface area (Å²) in [7, 11) is -3.62. The minimum Gasteiger partial charge on any atom is -0.323 e. The SMILES string of the molecule is Cc1cc(C)c(S(=O)(=O)N2CCCN(C(=O)Nc3ccc(Cl)cc3)CC2)c(C)c1. The number of carbonyl (C=O) groups is 1. The Morgan fingerprint density at radius 1 is 0.966 bits per heavy atom. The normalized spacial score (nSPS) is 15.8. The van der Waals surface area contributed by atoms with Crippen molar-refractivity contribution in [2.75, 3.05) is 31.5 Å². The lowest BCUT2D eigenvalue weighted by atomic mass is 10.1. The summed E-state index contributed by atoms with van der Waals surface area (Å²) < 4.78 is 28.1. The van der Waals surface area contributed by atoms with E-state index in [1.807, 2.05) is 32.9 Å². The Morgan fingerprint density at radius 3 is 2.21 bits per heavy atom. The number of nitrogens with one attached hydrogen (secondary N) is 1. The highest BCUT2D eigenvalue weighted by atomic mass is 35.5. The van der Waals surface area contributed by atoms with Gasteiger partial charge in [-0.15, -0.1) is 0 Å². The molecule has 0 bridgehead atoms. The molecule has 1 heterocycles. The molecule has 0 atom stereocenters.